The summed E-state index contributed by atoms with van der Waals surface area (Å²) in [5, 5.41) is 9.21. The minimum absolute atomic E-state index is 0.0329. The summed E-state index contributed by atoms with van der Waals surface area (Å²) in [6.45, 7) is 8.32. The van der Waals surface area contributed by atoms with E-state index in [0.29, 0.717) is 11.3 Å². The third kappa shape index (κ3) is 3.37. The van der Waals surface area contributed by atoms with E-state index in [-0.39, 0.29) is 11.8 Å². The summed E-state index contributed by atoms with van der Waals surface area (Å²) in [5.41, 5.74) is 3.29. The van der Waals surface area contributed by atoms with Crippen LogP contribution in [0.2, 0.25) is 0 Å². The summed E-state index contributed by atoms with van der Waals surface area (Å²) in [4.78, 5) is 21.5. The van der Waals surface area contributed by atoms with Gasteiger partial charge in [0, 0.05) is 38.9 Å². The molecule has 0 saturated carbocycles. The Morgan fingerprint density at radius 1 is 1.31 bits per heavy atom. The van der Waals surface area contributed by atoms with Crippen molar-refractivity contribution in [3.63, 3.8) is 0 Å². The number of hydrogen-bond acceptors (Lipinski definition) is 6. The molecule has 4 rings (SSSR count). The van der Waals surface area contributed by atoms with Crippen LogP contribution in [0.25, 0.3) is 11.1 Å². The second kappa shape index (κ2) is 7.17. The van der Waals surface area contributed by atoms with Crippen LogP contribution in [0.5, 0.6) is 0 Å². The van der Waals surface area contributed by atoms with Gasteiger partial charge in [0.05, 0.1) is 16.6 Å². The zero-order valence-electron chi connectivity index (χ0n) is 15.0. The van der Waals surface area contributed by atoms with Crippen molar-refractivity contribution < 1.29 is 9.32 Å². The lowest BCUT2D eigenvalue weighted by molar-refractivity contribution is 0.0628. The number of hydrogen-bond donors (Lipinski definition) is 0. The molecule has 1 aliphatic rings. The van der Waals surface area contributed by atoms with Gasteiger partial charge in [-0.1, -0.05) is 19.0 Å². The summed E-state index contributed by atoms with van der Waals surface area (Å²) < 4.78 is 5.26. The molecule has 3 aromatic heterocycles. The van der Waals surface area contributed by atoms with E-state index in [1.165, 1.54) is 5.56 Å². The van der Waals surface area contributed by atoms with Gasteiger partial charge in [-0.3, -0.25) is 9.69 Å². The molecule has 26 heavy (non-hydrogen) atoms. The van der Waals surface area contributed by atoms with Crippen molar-refractivity contribution in [2.24, 2.45) is 0 Å². The normalized spacial score (nSPS) is 15.9. The van der Waals surface area contributed by atoms with Crippen LogP contribution < -0.4 is 0 Å². The van der Waals surface area contributed by atoms with Crippen LogP contribution in [0.1, 0.15) is 41.4 Å². The molecule has 0 bridgehead atoms. The van der Waals surface area contributed by atoms with Gasteiger partial charge in [-0.15, -0.1) is 0 Å². The van der Waals surface area contributed by atoms with Gasteiger partial charge in [0.25, 0.3) is 11.6 Å². The highest BCUT2D eigenvalue weighted by molar-refractivity contribution is 7.07. The Balaban J connectivity index is 1.45. The number of carbonyl (C=O) groups is 1. The van der Waals surface area contributed by atoms with E-state index in [4.69, 9.17) is 4.52 Å². The summed E-state index contributed by atoms with van der Waals surface area (Å²) in [7, 11) is 0. The molecule has 3 aromatic rings. The zero-order valence-corrected chi connectivity index (χ0v) is 15.8. The Morgan fingerprint density at radius 3 is 2.81 bits per heavy atom. The maximum Gasteiger partial charge on any atom is 0.257 e. The quantitative estimate of drug-likeness (QED) is 0.705. The molecule has 0 aromatic carbocycles. The average molecular weight is 370 g/mol. The number of amides is 1. The van der Waals surface area contributed by atoms with E-state index in [1.54, 1.807) is 17.5 Å². The van der Waals surface area contributed by atoms with Crippen molar-refractivity contribution in [2.75, 3.05) is 26.2 Å². The third-order valence-electron chi connectivity index (χ3n) is 4.80. The van der Waals surface area contributed by atoms with Crippen molar-refractivity contribution in [1.82, 2.24) is 19.9 Å². The van der Waals surface area contributed by atoms with E-state index >= 15 is 0 Å². The molecule has 0 unspecified atom stereocenters. The number of pyridine rings is 1. The molecule has 0 spiro atoms. The first-order valence-electron chi connectivity index (χ1n) is 8.90. The SMILES string of the molecule is CC(C)c1noc2ncc(C(=O)N3CCN(Cc4ccsc4)CC3)cc12. The van der Waals surface area contributed by atoms with E-state index in [2.05, 4.69) is 45.7 Å². The molecule has 1 amide bonds. The Morgan fingerprint density at radius 2 is 2.12 bits per heavy atom. The van der Waals surface area contributed by atoms with Crippen LogP contribution in [-0.4, -0.2) is 52.0 Å². The van der Waals surface area contributed by atoms with Crippen LogP contribution in [0.15, 0.2) is 33.6 Å². The highest BCUT2D eigenvalue weighted by Crippen LogP contribution is 2.24. The molecule has 136 valence electrons. The molecule has 1 saturated heterocycles. The summed E-state index contributed by atoms with van der Waals surface area (Å²) in [6, 6.07) is 4.03. The van der Waals surface area contributed by atoms with Gasteiger partial charge in [0.15, 0.2) is 0 Å². The number of thiophene rings is 1. The van der Waals surface area contributed by atoms with Crippen LogP contribution in [0.4, 0.5) is 0 Å². The van der Waals surface area contributed by atoms with Crippen molar-refractivity contribution >= 4 is 28.3 Å². The number of rotatable bonds is 4. The summed E-state index contributed by atoms with van der Waals surface area (Å²) in [5.74, 6) is 0.259. The Bertz CT molecular complexity index is 896. The number of aromatic nitrogens is 2. The predicted octanol–water partition coefficient (Wildman–Crippen LogP) is 3.37. The van der Waals surface area contributed by atoms with Crippen molar-refractivity contribution in [2.45, 2.75) is 26.3 Å². The molecule has 0 aliphatic carbocycles. The third-order valence-corrected chi connectivity index (χ3v) is 5.53. The monoisotopic (exact) mass is 370 g/mol. The van der Waals surface area contributed by atoms with Gasteiger partial charge < -0.3 is 9.42 Å². The topological polar surface area (TPSA) is 62.5 Å². The first kappa shape index (κ1) is 17.2. The molecule has 6 nitrogen and oxygen atoms in total. The van der Waals surface area contributed by atoms with Crippen LogP contribution in [-0.2, 0) is 6.54 Å². The Labute approximate surface area is 156 Å². The van der Waals surface area contributed by atoms with E-state index in [9.17, 15) is 4.79 Å². The van der Waals surface area contributed by atoms with Gasteiger partial charge in [0.2, 0.25) is 0 Å². The molecule has 1 fully saturated rings. The van der Waals surface area contributed by atoms with Crippen LogP contribution in [0, 0.1) is 0 Å². The molecule has 4 heterocycles. The van der Waals surface area contributed by atoms with Crippen molar-refractivity contribution in [3.05, 3.63) is 45.9 Å². The first-order valence-corrected chi connectivity index (χ1v) is 9.84. The Kier molecular flexibility index (Phi) is 4.74. The number of fused-ring (bicyclic) bond motifs is 1. The minimum Gasteiger partial charge on any atom is -0.336 e. The van der Waals surface area contributed by atoms with E-state index < -0.39 is 0 Å². The van der Waals surface area contributed by atoms with Crippen LogP contribution >= 0.6 is 11.3 Å². The second-order valence-electron chi connectivity index (χ2n) is 7.00. The van der Waals surface area contributed by atoms with Crippen molar-refractivity contribution in [1.29, 1.82) is 0 Å². The summed E-state index contributed by atoms with van der Waals surface area (Å²) in [6.07, 6.45) is 1.59. The average Bonchev–Trinajstić information content (AvgIpc) is 3.30. The van der Waals surface area contributed by atoms with Gasteiger partial charge in [-0.05, 0) is 34.4 Å². The molecular weight excluding hydrogens is 348 g/mol. The number of piperazine rings is 1. The molecule has 0 N–H and O–H groups in total. The van der Waals surface area contributed by atoms with Gasteiger partial charge in [-0.25, -0.2) is 4.98 Å². The first-order chi connectivity index (χ1) is 12.6. The lowest BCUT2D eigenvalue weighted by Gasteiger charge is -2.34. The molecule has 7 heteroatoms. The molecule has 0 atom stereocenters. The fraction of sp³-hybridized carbons (Fsp3) is 0.421. The zero-order chi connectivity index (χ0) is 18.1. The van der Waals surface area contributed by atoms with E-state index in [1.807, 2.05) is 11.0 Å². The molecular formula is C19H22N4O2S. The maximum absolute atomic E-state index is 12.9. The predicted molar refractivity (Wildman–Crippen MR) is 101 cm³/mol. The maximum atomic E-state index is 12.9. The fourth-order valence-corrected chi connectivity index (χ4v) is 3.98. The standard InChI is InChI=1S/C19H22N4O2S/c1-13(2)17-16-9-15(10-20-18(16)25-21-17)19(24)23-6-4-22(5-7-23)11-14-3-8-26-12-14/h3,8-10,12-13H,4-7,11H2,1-2H3. The van der Waals surface area contributed by atoms with Crippen LogP contribution in [0.3, 0.4) is 0 Å². The van der Waals surface area contributed by atoms with E-state index in [0.717, 1.165) is 43.8 Å². The summed E-state index contributed by atoms with van der Waals surface area (Å²) >= 11 is 1.72. The number of carbonyl (C=O) groups excluding carboxylic acids is 1. The molecule has 1 aliphatic heterocycles. The highest BCUT2D eigenvalue weighted by atomic mass is 32.1. The Hall–Kier alpha value is -2.25. The minimum atomic E-state index is 0.0329. The van der Waals surface area contributed by atoms with Gasteiger partial charge in [-0.2, -0.15) is 11.3 Å². The number of nitrogens with zero attached hydrogens (tertiary/aromatic N) is 4. The second-order valence-corrected chi connectivity index (χ2v) is 7.78. The molecule has 0 radical (unpaired) electrons. The van der Waals surface area contributed by atoms with Crippen molar-refractivity contribution in [3.8, 4) is 0 Å². The smallest absolute Gasteiger partial charge is 0.257 e. The lowest BCUT2D eigenvalue weighted by Crippen LogP contribution is -2.48. The highest BCUT2D eigenvalue weighted by Gasteiger charge is 2.24. The van der Waals surface area contributed by atoms with Gasteiger partial charge in [0.1, 0.15) is 0 Å². The fourth-order valence-electron chi connectivity index (χ4n) is 3.32. The lowest BCUT2D eigenvalue weighted by atomic mass is 10.1. The largest absolute Gasteiger partial charge is 0.336 e. The van der Waals surface area contributed by atoms with Gasteiger partial charge >= 0.3 is 0 Å².